The average molecular weight is 516 g/mol. The van der Waals surface area contributed by atoms with Gasteiger partial charge in [0.2, 0.25) is 5.89 Å². The summed E-state index contributed by atoms with van der Waals surface area (Å²) in [5.74, 6) is 1.28. The molecule has 9 heteroatoms. The lowest BCUT2D eigenvalue weighted by Crippen LogP contribution is -2.34. The van der Waals surface area contributed by atoms with Crippen LogP contribution in [0.25, 0.3) is 33.3 Å². The lowest BCUT2D eigenvalue weighted by molar-refractivity contribution is 0.0976. The van der Waals surface area contributed by atoms with Crippen molar-refractivity contribution in [3.8, 4) is 23.0 Å². The van der Waals surface area contributed by atoms with Crippen molar-refractivity contribution in [3.63, 3.8) is 0 Å². The molecule has 0 fully saturated rings. The van der Waals surface area contributed by atoms with E-state index in [1.54, 1.807) is 30.3 Å². The highest BCUT2D eigenvalue weighted by molar-refractivity contribution is 7.80. The van der Waals surface area contributed by atoms with Gasteiger partial charge in [-0.3, -0.25) is 10.1 Å². The van der Waals surface area contributed by atoms with Crippen molar-refractivity contribution in [2.24, 2.45) is 0 Å². The molecule has 0 saturated heterocycles. The molecule has 7 nitrogen and oxygen atoms in total. The Morgan fingerprint density at radius 2 is 1.72 bits per heavy atom. The predicted molar refractivity (Wildman–Crippen MR) is 143 cm³/mol. The maximum Gasteiger partial charge on any atom is 0.257 e. The molecule has 0 spiro atoms. The Labute approximate surface area is 216 Å². The van der Waals surface area contributed by atoms with Gasteiger partial charge < -0.3 is 19.2 Å². The van der Waals surface area contributed by atoms with Crippen LogP contribution in [0.3, 0.4) is 0 Å². The van der Waals surface area contributed by atoms with Crippen molar-refractivity contribution >= 4 is 62.4 Å². The van der Waals surface area contributed by atoms with Crippen molar-refractivity contribution in [3.05, 3.63) is 83.4 Å². The molecule has 1 aliphatic heterocycles. The summed E-state index contributed by atoms with van der Waals surface area (Å²) in [7, 11) is 0. The summed E-state index contributed by atoms with van der Waals surface area (Å²) in [5.41, 5.74) is 3.20. The number of ether oxygens (including phenoxy) is 2. The molecule has 1 amide bonds. The van der Waals surface area contributed by atoms with Crippen molar-refractivity contribution in [2.45, 2.75) is 0 Å². The number of hydrogen-bond donors (Lipinski definition) is 2. The first-order valence-corrected chi connectivity index (χ1v) is 11.9. The van der Waals surface area contributed by atoms with Crippen molar-refractivity contribution in [1.82, 2.24) is 10.3 Å². The molecule has 2 heterocycles. The molecule has 36 heavy (non-hydrogen) atoms. The molecule has 5 aromatic rings. The lowest BCUT2D eigenvalue weighted by Gasteiger charge is -2.18. The summed E-state index contributed by atoms with van der Waals surface area (Å²) < 4.78 is 17.1. The number of fused-ring (bicyclic) bond motifs is 3. The zero-order valence-electron chi connectivity index (χ0n) is 18.7. The Bertz CT molecular complexity index is 1670. The summed E-state index contributed by atoms with van der Waals surface area (Å²) in [6.07, 6.45) is 0. The van der Waals surface area contributed by atoms with Crippen LogP contribution < -0.4 is 20.1 Å². The quantitative estimate of drug-likeness (QED) is 0.277. The van der Waals surface area contributed by atoms with Gasteiger partial charge in [-0.15, -0.1) is 0 Å². The van der Waals surface area contributed by atoms with Crippen LogP contribution in [-0.4, -0.2) is 29.2 Å². The van der Waals surface area contributed by atoms with E-state index in [0.717, 1.165) is 16.3 Å². The number of rotatable bonds is 3. The Morgan fingerprint density at radius 3 is 2.61 bits per heavy atom. The largest absolute Gasteiger partial charge is 0.486 e. The number of anilines is 1. The van der Waals surface area contributed by atoms with Gasteiger partial charge in [0, 0.05) is 27.2 Å². The molecule has 0 saturated carbocycles. The fourth-order valence-electron chi connectivity index (χ4n) is 4.10. The summed E-state index contributed by atoms with van der Waals surface area (Å²) in [5, 5.41) is 8.42. The van der Waals surface area contributed by atoms with Gasteiger partial charge in [-0.1, -0.05) is 35.9 Å². The molecule has 0 bridgehead atoms. The van der Waals surface area contributed by atoms with Crippen LogP contribution in [0.2, 0.25) is 5.02 Å². The van der Waals surface area contributed by atoms with E-state index in [2.05, 4.69) is 15.6 Å². The van der Waals surface area contributed by atoms with Crippen LogP contribution in [0.4, 0.5) is 5.69 Å². The number of amides is 1. The van der Waals surface area contributed by atoms with E-state index in [4.69, 9.17) is 37.7 Å². The number of nitrogens with zero attached hydrogens (tertiary/aromatic N) is 1. The standard InChI is InChI=1S/C27H18ClN3O4S/c28-20-6-2-3-17-18(20)4-1-5-19(17)26-30-21-14-16(8-10-22(21)35-26)29-27(36)31-25(32)15-7-9-23-24(13-15)34-12-11-33-23/h1-10,13-14H,11-12H2,(H2,29,31,32,36). The predicted octanol–water partition coefficient (Wildman–Crippen LogP) is 6.20. The normalized spacial score (nSPS) is 12.5. The van der Waals surface area contributed by atoms with E-state index < -0.39 is 0 Å². The lowest BCUT2D eigenvalue weighted by atomic mass is 10.0. The fourth-order valence-corrected chi connectivity index (χ4v) is 4.55. The second kappa shape index (κ2) is 9.14. The van der Waals surface area contributed by atoms with Gasteiger partial charge in [-0.2, -0.15) is 0 Å². The molecule has 178 valence electrons. The number of carbonyl (C=O) groups excluding carboxylic acids is 1. The van der Waals surface area contributed by atoms with E-state index in [0.29, 0.717) is 58.0 Å². The van der Waals surface area contributed by atoms with Gasteiger partial charge in [-0.05, 0) is 66.1 Å². The van der Waals surface area contributed by atoms with E-state index >= 15 is 0 Å². The van der Waals surface area contributed by atoms with Gasteiger partial charge in [0.15, 0.2) is 22.2 Å². The molecule has 0 aliphatic carbocycles. The van der Waals surface area contributed by atoms with E-state index in [-0.39, 0.29) is 11.0 Å². The maximum absolute atomic E-state index is 12.7. The zero-order valence-corrected chi connectivity index (χ0v) is 20.3. The number of hydrogen-bond acceptors (Lipinski definition) is 6. The first kappa shape index (κ1) is 22.3. The molecule has 0 radical (unpaired) electrons. The highest BCUT2D eigenvalue weighted by Crippen LogP contribution is 2.34. The zero-order chi connectivity index (χ0) is 24.6. The Kier molecular flexibility index (Phi) is 5.67. The summed E-state index contributed by atoms with van der Waals surface area (Å²) in [4.78, 5) is 17.3. The molecule has 2 N–H and O–H groups in total. The highest BCUT2D eigenvalue weighted by Gasteiger charge is 2.17. The smallest absolute Gasteiger partial charge is 0.257 e. The molecule has 4 aromatic carbocycles. The average Bonchev–Trinajstić information content (AvgIpc) is 3.31. The second-order valence-corrected chi connectivity index (χ2v) is 8.92. The highest BCUT2D eigenvalue weighted by atomic mass is 35.5. The molecule has 0 atom stereocenters. The molecular weight excluding hydrogens is 498 g/mol. The van der Waals surface area contributed by atoms with Crippen molar-refractivity contribution in [2.75, 3.05) is 18.5 Å². The van der Waals surface area contributed by atoms with Gasteiger partial charge in [0.25, 0.3) is 5.91 Å². The molecule has 1 aliphatic rings. The third-order valence-corrected chi connectivity index (χ3v) is 6.31. The minimum atomic E-state index is -0.358. The minimum absolute atomic E-state index is 0.154. The molecular formula is C27H18ClN3O4S. The van der Waals surface area contributed by atoms with Gasteiger partial charge in [-0.25, -0.2) is 4.98 Å². The Hall–Kier alpha value is -4.14. The molecule has 1 aromatic heterocycles. The third kappa shape index (κ3) is 4.21. The molecule has 6 rings (SSSR count). The summed E-state index contributed by atoms with van der Waals surface area (Å²) in [6.45, 7) is 0.929. The monoisotopic (exact) mass is 515 g/mol. The third-order valence-electron chi connectivity index (χ3n) is 5.78. The van der Waals surface area contributed by atoms with Gasteiger partial charge in [0.05, 0.1) is 0 Å². The topological polar surface area (TPSA) is 85.6 Å². The maximum atomic E-state index is 12.7. The van der Waals surface area contributed by atoms with Crippen LogP contribution in [0, 0.1) is 0 Å². The van der Waals surface area contributed by atoms with Gasteiger partial charge in [0.1, 0.15) is 18.7 Å². The summed E-state index contributed by atoms with van der Waals surface area (Å²) in [6, 6.07) is 22.0. The first-order chi connectivity index (χ1) is 17.5. The van der Waals surface area contributed by atoms with Crippen LogP contribution in [0.5, 0.6) is 11.5 Å². The number of halogens is 1. The number of carbonyl (C=O) groups is 1. The SMILES string of the molecule is O=C(NC(=S)Nc1ccc2oc(-c3cccc4c(Cl)cccc34)nc2c1)c1ccc2c(c1)OCCO2. The number of oxazole rings is 1. The van der Waals surface area contributed by atoms with Crippen LogP contribution in [0.15, 0.2) is 77.2 Å². The Balaban J connectivity index is 1.20. The number of thiocarbonyl (C=S) groups is 1. The number of aromatic nitrogens is 1. The van der Waals surface area contributed by atoms with E-state index in [1.807, 2.05) is 42.5 Å². The van der Waals surface area contributed by atoms with Crippen molar-refractivity contribution < 1.29 is 18.7 Å². The number of nitrogens with one attached hydrogen (secondary N) is 2. The molecule has 0 unspecified atom stereocenters. The van der Waals surface area contributed by atoms with E-state index in [1.165, 1.54) is 0 Å². The number of benzene rings is 4. The fraction of sp³-hybridized carbons (Fsp3) is 0.0741. The van der Waals surface area contributed by atoms with Crippen molar-refractivity contribution in [1.29, 1.82) is 0 Å². The van der Waals surface area contributed by atoms with Crippen LogP contribution >= 0.6 is 23.8 Å². The minimum Gasteiger partial charge on any atom is -0.486 e. The first-order valence-electron chi connectivity index (χ1n) is 11.2. The van der Waals surface area contributed by atoms with Crippen LogP contribution in [-0.2, 0) is 0 Å². The van der Waals surface area contributed by atoms with Gasteiger partial charge >= 0.3 is 0 Å². The van der Waals surface area contributed by atoms with E-state index in [9.17, 15) is 4.79 Å². The summed E-state index contributed by atoms with van der Waals surface area (Å²) >= 11 is 11.7. The Morgan fingerprint density at radius 1 is 0.917 bits per heavy atom. The van der Waals surface area contributed by atoms with Crippen LogP contribution in [0.1, 0.15) is 10.4 Å². The second-order valence-electron chi connectivity index (χ2n) is 8.11.